The van der Waals surface area contributed by atoms with Crippen LogP contribution in [-0.2, 0) is 12.8 Å². The number of pyridine rings is 1. The van der Waals surface area contributed by atoms with Gasteiger partial charge in [0.15, 0.2) is 0 Å². The number of nitrogens with zero attached hydrogens (tertiary/aromatic N) is 1. The predicted octanol–water partition coefficient (Wildman–Crippen LogP) is 8.02. The highest BCUT2D eigenvalue weighted by molar-refractivity contribution is 5.59. The molecule has 0 saturated heterocycles. The maximum atomic E-state index is 4.65. The number of aryl methyl sites for hydroxylation is 2. The van der Waals surface area contributed by atoms with Gasteiger partial charge < -0.3 is 0 Å². The molecule has 0 atom stereocenters. The molecule has 1 fully saturated rings. The molecule has 0 spiro atoms. The molecule has 1 saturated carbocycles. The van der Waals surface area contributed by atoms with Crippen molar-refractivity contribution in [3.63, 3.8) is 0 Å². The van der Waals surface area contributed by atoms with E-state index in [4.69, 9.17) is 0 Å². The van der Waals surface area contributed by atoms with Crippen LogP contribution in [-0.4, -0.2) is 4.98 Å². The van der Waals surface area contributed by atoms with Crippen molar-refractivity contribution in [2.24, 2.45) is 11.8 Å². The van der Waals surface area contributed by atoms with Gasteiger partial charge in [-0.2, -0.15) is 0 Å². The summed E-state index contributed by atoms with van der Waals surface area (Å²) in [6.07, 6.45) is 18.5. The van der Waals surface area contributed by atoms with Gasteiger partial charge in [0.25, 0.3) is 0 Å². The summed E-state index contributed by atoms with van der Waals surface area (Å²) < 4.78 is 0. The molecule has 2 aromatic rings. The molecule has 28 heavy (non-hydrogen) atoms. The number of benzene rings is 1. The molecule has 1 aromatic heterocycles. The van der Waals surface area contributed by atoms with E-state index in [2.05, 4.69) is 55.2 Å². The summed E-state index contributed by atoms with van der Waals surface area (Å²) in [7, 11) is 0. The molecule has 0 bridgehead atoms. The fourth-order valence-electron chi connectivity index (χ4n) is 4.74. The third-order valence-electron chi connectivity index (χ3n) is 6.64. The zero-order valence-electron chi connectivity index (χ0n) is 18.1. The Morgan fingerprint density at radius 1 is 0.714 bits per heavy atom. The molecule has 1 heterocycles. The second-order valence-corrected chi connectivity index (χ2v) is 8.92. The van der Waals surface area contributed by atoms with Crippen LogP contribution in [0.4, 0.5) is 0 Å². The van der Waals surface area contributed by atoms with E-state index in [1.54, 1.807) is 0 Å². The first-order chi connectivity index (χ1) is 13.8. The smallest absolute Gasteiger partial charge is 0.0702 e. The second kappa shape index (κ2) is 11.4. The van der Waals surface area contributed by atoms with Gasteiger partial charge in [0.1, 0.15) is 0 Å². The van der Waals surface area contributed by atoms with Crippen molar-refractivity contribution < 1.29 is 0 Å². The van der Waals surface area contributed by atoms with E-state index in [1.807, 2.05) is 6.20 Å². The SMILES string of the molecule is CCCCCC1CCC(CCc2ccc(-c3ccc(CCC)cn3)cc2)CC1. The fraction of sp³-hybridized carbons (Fsp3) is 0.593. The third kappa shape index (κ3) is 6.47. The van der Waals surface area contributed by atoms with Crippen molar-refractivity contribution in [2.45, 2.75) is 90.9 Å². The van der Waals surface area contributed by atoms with Gasteiger partial charge in [0, 0.05) is 11.8 Å². The molecule has 1 heteroatoms. The van der Waals surface area contributed by atoms with E-state index in [9.17, 15) is 0 Å². The molecule has 0 unspecified atom stereocenters. The van der Waals surface area contributed by atoms with E-state index < -0.39 is 0 Å². The van der Waals surface area contributed by atoms with Crippen molar-refractivity contribution in [1.82, 2.24) is 4.98 Å². The van der Waals surface area contributed by atoms with Crippen molar-refractivity contribution in [2.75, 3.05) is 0 Å². The van der Waals surface area contributed by atoms with E-state index in [0.717, 1.165) is 24.0 Å². The van der Waals surface area contributed by atoms with Crippen LogP contribution in [0, 0.1) is 11.8 Å². The van der Waals surface area contributed by atoms with Crippen LogP contribution in [0.1, 0.15) is 89.2 Å². The number of hydrogen-bond acceptors (Lipinski definition) is 1. The zero-order chi connectivity index (χ0) is 19.6. The van der Waals surface area contributed by atoms with Crippen molar-refractivity contribution >= 4 is 0 Å². The van der Waals surface area contributed by atoms with Gasteiger partial charge in [-0.15, -0.1) is 0 Å². The van der Waals surface area contributed by atoms with Gasteiger partial charge >= 0.3 is 0 Å². The number of hydrogen-bond donors (Lipinski definition) is 0. The number of aromatic nitrogens is 1. The quantitative estimate of drug-likeness (QED) is 0.382. The molecule has 1 nitrogen and oxygen atoms in total. The van der Waals surface area contributed by atoms with Crippen molar-refractivity contribution in [3.05, 3.63) is 53.7 Å². The molecular formula is C27H39N. The summed E-state index contributed by atoms with van der Waals surface area (Å²) in [4.78, 5) is 4.65. The van der Waals surface area contributed by atoms with Gasteiger partial charge in [-0.25, -0.2) is 0 Å². The Morgan fingerprint density at radius 3 is 2.00 bits per heavy atom. The maximum Gasteiger partial charge on any atom is 0.0702 e. The highest BCUT2D eigenvalue weighted by Gasteiger charge is 2.20. The van der Waals surface area contributed by atoms with E-state index >= 15 is 0 Å². The Hall–Kier alpha value is -1.63. The molecule has 1 aliphatic carbocycles. The van der Waals surface area contributed by atoms with Crippen LogP contribution in [0.5, 0.6) is 0 Å². The van der Waals surface area contributed by atoms with E-state index in [0.29, 0.717) is 0 Å². The predicted molar refractivity (Wildman–Crippen MR) is 122 cm³/mol. The lowest BCUT2D eigenvalue weighted by Crippen LogP contribution is -2.15. The van der Waals surface area contributed by atoms with Gasteiger partial charge in [-0.1, -0.05) is 102 Å². The summed E-state index contributed by atoms with van der Waals surface area (Å²) >= 11 is 0. The van der Waals surface area contributed by atoms with E-state index in [-0.39, 0.29) is 0 Å². The molecule has 0 N–H and O–H groups in total. The normalized spacial score (nSPS) is 19.6. The summed E-state index contributed by atoms with van der Waals surface area (Å²) in [5.41, 5.74) is 5.14. The molecule has 3 rings (SSSR count). The zero-order valence-corrected chi connectivity index (χ0v) is 18.1. The summed E-state index contributed by atoms with van der Waals surface area (Å²) in [5, 5.41) is 0. The van der Waals surface area contributed by atoms with Crippen molar-refractivity contribution in [1.29, 1.82) is 0 Å². The highest BCUT2D eigenvalue weighted by atomic mass is 14.7. The van der Waals surface area contributed by atoms with Gasteiger partial charge in [0.05, 0.1) is 5.69 Å². The lowest BCUT2D eigenvalue weighted by atomic mass is 9.78. The van der Waals surface area contributed by atoms with E-state index in [1.165, 1.54) is 87.3 Å². The Balaban J connectivity index is 1.42. The molecule has 0 aliphatic heterocycles. The van der Waals surface area contributed by atoms with Gasteiger partial charge in [-0.05, 0) is 48.3 Å². The third-order valence-corrected chi connectivity index (χ3v) is 6.64. The average molecular weight is 378 g/mol. The molecule has 152 valence electrons. The molecule has 0 radical (unpaired) electrons. The minimum absolute atomic E-state index is 0.954. The average Bonchev–Trinajstić information content (AvgIpc) is 2.75. The maximum absolute atomic E-state index is 4.65. The Kier molecular flexibility index (Phi) is 8.58. The first kappa shape index (κ1) is 21.1. The highest BCUT2D eigenvalue weighted by Crippen LogP contribution is 2.34. The molecule has 0 amide bonds. The lowest BCUT2D eigenvalue weighted by Gasteiger charge is -2.28. The standard InChI is InChI=1S/C27H39N/c1-3-5-6-8-22-9-11-23(12-10-22)13-14-24-15-18-26(19-16-24)27-20-17-25(7-4-2)21-28-27/h15-23H,3-14H2,1-2H3. The molecule has 1 aliphatic rings. The minimum Gasteiger partial charge on any atom is -0.256 e. The van der Waals surface area contributed by atoms with Crippen LogP contribution < -0.4 is 0 Å². The number of rotatable bonds is 10. The lowest BCUT2D eigenvalue weighted by molar-refractivity contribution is 0.249. The van der Waals surface area contributed by atoms with Crippen LogP contribution in [0.2, 0.25) is 0 Å². The first-order valence-corrected chi connectivity index (χ1v) is 11.8. The second-order valence-electron chi connectivity index (χ2n) is 8.92. The fourth-order valence-corrected chi connectivity index (χ4v) is 4.74. The monoisotopic (exact) mass is 377 g/mol. The number of unbranched alkanes of at least 4 members (excludes halogenated alkanes) is 2. The first-order valence-electron chi connectivity index (χ1n) is 11.8. The Bertz CT molecular complexity index is 662. The molecule has 1 aromatic carbocycles. The van der Waals surface area contributed by atoms with Crippen LogP contribution in [0.25, 0.3) is 11.3 Å². The summed E-state index contributed by atoms with van der Waals surface area (Å²) in [6, 6.07) is 13.5. The summed E-state index contributed by atoms with van der Waals surface area (Å²) in [5.74, 6) is 1.98. The van der Waals surface area contributed by atoms with Gasteiger partial charge in [-0.3, -0.25) is 4.98 Å². The summed E-state index contributed by atoms with van der Waals surface area (Å²) in [6.45, 7) is 4.52. The van der Waals surface area contributed by atoms with Crippen LogP contribution >= 0.6 is 0 Å². The van der Waals surface area contributed by atoms with Gasteiger partial charge in [0.2, 0.25) is 0 Å². The largest absolute Gasteiger partial charge is 0.256 e. The minimum atomic E-state index is 0.954. The Labute approximate surface area is 173 Å². The molecular weight excluding hydrogens is 338 g/mol. The topological polar surface area (TPSA) is 12.9 Å². The van der Waals surface area contributed by atoms with Crippen LogP contribution in [0.15, 0.2) is 42.6 Å². The van der Waals surface area contributed by atoms with Crippen molar-refractivity contribution in [3.8, 4) is 11.3 Å². The Morgan fingerprint density at radius 2 is 1.39 bits per heavy atom. The van der Waals surface area contributed by atoms with Crippen LogP contribution in [0.3, 0.4) is 0 Å².